The van der Waals surface area contributed by atoms with Crippen LogP contribution in [0, 0.1) is 5.41 Å². The van der Waals surface area contributed by atoms with Crippen LogP contribution in [0.1, 0.15) is 49.3 Å². The second kappa shape index (κ2) is 11.3. The maximum atomic E-state index is 12.3. The molecule has 186 valence electrons. The Labute approximate surface area is 210 Å². The van der Waals surface area contributed by atoms with Crippen molar-refractivity contribution in [1.82, 2.24) is 14.9 Å². The molecule has 35 heavy (non-hydrogen) atoms. The number of rotatable bonds is 10. The Morgan fingerprint density at radius 1 is 1.23 bits per heavy atom. The molecule has 1 atom stereocenters. The van der Waals surface area contributed by atoms with Crippen LogP contribution < -0.4 is 4.74 Å². The smallest absolute Gasteiger partial charge is 0.309 e. The fraction of sp³-hybridized carbons (Fsp3) is 0.444. The quantitative estimate of drug-likeness (QED) is 0.411. The van der Waals surface area contributed by atoms with E-state index < -0.39 is 17.5 Å². The van der Waals surface area contributed by atoms with E-state index in [1.807, 2.05) is 42.7 Å². The average molecular weight is 498 g/mol. The van der Waals surface area contributed by atoms with E-state index in [4.69, 9.17) is 16.3 Å². The zero-order valence-corrected chi connectivity index (χ0v) is 20.7. The molecule has 0 aliphatic carbocycles. The van der Waals surface area contributed by atoms with Gasteiger partial charge in [0, 0.05) is 29.5 Å². The molecule has 1 aromatic carbocycles. The van der Waals surface area contributed by atoms with Gasteiger partial charge in [-0.15, -0.1) is 0 Å². The first-order valence-electron chi connectivity index (χ1n) is 12.1. The molecule has 2 aromatic heterocycles. The van der Waals surface area contributed by atoms with Gasteiger partial charge in [-0.3, -0.25) is 14.8 Å². The number of aromatic nitrogens is 2. The molecule has 1 fully saturated rings. The number of methoxy groups -OCH3 is 1. The Morgan fingerprint density at radius 2 is 1.97 bits per heavy atom. The van der Waals surface area contributed by atoms with Crippen molar-refractivity contribution in [3.05, 3.63) is 65.1 Å². The van der Waals surface area contributed by atoms with Gasteiger partial charge < -0.3 is 19.8 Å². The maximum Gasteiger partial charge on any atom is 0.309 e. The third-order valence-electron chi connectivity index (χ3n) is 7.25. The summed E-state index contributed by atoms with van der Waals surface area (Å²) in [5.41, 5.74) is 1.71. The Hall–Kier alpha value is -2.74. The van der Waals surface area contributed by atoms with Crippen molar-refractivity contribution in [2.24, 2.45) is 5.41 Å². The van der Waals surface area contributed by atoms with Crippen molar-refractivity contribution >= 4 is 28.5 Å². The molecule has 2 N–H and O–H groups in total. The first kappa shape index (κ1) is 25.4. The monoisotopic (exact) mass is 497 g/mol. The van der Waals surface area contributed by atoms with Crippen molar-refractivity contribution in [2.45, 2.75) is 44.6 Å². The number of aryl methyl sites for hydroxylation is 1. The van der Waals surface area contributed by atoms with E-state index in [0.717, 1.165) is 37.9 Å². The number of nitrogens with zero attached hydrogens (tertiary/aromatic N) is 3. The highest BCUT2D eigenvalue weighted by Crippen LogP contribution is 2.41. The third-order valence-corrected chi connectivity index (χ3v) is 7.55. The molecule has 7 nitrogen and oxygen atoms in total. The molecule has 0 unspecified atom stereocenters. The van der Waals surface area contributed by atoms with Crippen molar-refractivity contribution < 1.29 is 19.7 Å². The van der Waals surface area contributed by atoms with Crippen molar-refractivity contribution in [1.29, 1.82) is 0 Å². The number of piperidine rings is 1. The van der Waals surface area contributed by atoms with Gasteiger partial charge in [0.05, 0.1) is 29.2 Å². The van der Waals surface area contributed by atoms with Crippen LogP contribution in [0.3, 0.4) is 0 Å². The van der Waals surface area contributed by atoms with Crippen LogP contribution in [0.15, 0.2) is 48.9 Å². The molecular weight excluding hydrogens is 466 g/mol. The molecule has 0 spiro atoms. The summed E-state index contributed by atoms with van der Waals surface area (Å²) >= 11 is 6.43. The fourth-order valence-electron chi connectivity index (χ4n) is 5.02. The SMILES string of the molecule is COc1ccc2ncc(Cl)c([C@H](O)CCC3(C(=O)O)CCN(CCCc4ccncc4)CC3)c2c1. The summed E-state index contributed by atoms with van der Waals surface area (Å²) in [6.07, 6.45) is 8.12. The van der Waals surface area contributed by atoms with Crippen LogP contribution in [-0.2, 0) is 11.2 Å². The number of likely N-dealkylation sites (tertiary alicyclic amines) is 1. The summed E-state index contributed by atoms with van der Waals surface area (Å²) in [6, 6.07) is 9.51. The van der Waals surface area contributed by atoms with Gasteiger partial charge in [-0.25, -0.2) is 0 Å². The highest BCUT2D eigenvalue weighted by atomic mass is 35.5. The molecule has 1 aliphatic heterocycles. The zero-order chi connectivity index (χ0) is 24.8. The van der Waals surface area contributed by atoms with Gasteiger partial charge >= 0.3 is 5.97 Å². The number of benzene rings is 1. The highest BCUT2D eigenvalue weighted by molar-refractivity contribution is 6.32. The van der Waals surface area contributed by atoms with E-state index in [9.17, 15) is 15.0 Å². The van der Waals surface area contributed by atoms with Crippen molar-refractivity contribution in [2.75, 3.05) is 26.7 Å². The molecule has 0 radical (unpaired) electrons. The Kier molecular flexibility index (Phi) is 8.21. The van der Waals surface area contributed by atoms with Crippen LogP contribution >= 0.6 is 11.6 Å². The predicted molar refractivity (Wildman–Crippen MR) is 136 cm³/mol. The molecule has 3 aromatic rings. The number of hydrogen-bond donors (Lipinski definition) is 2. The molecule has 0 amide bonds. The number of carboxylic acids is 1. The number of pyridine rings is 2. The number of aliphatic hydroxyl groups excluding tert-OH is 1. The van der Waals surface area contributed by atoms with E-state index in [1.54, 1.807) is 7.11 Å². The minimum Gasteiger partial charge on any atom is -0.497 e. The van der Waals surface area contributed by atoms with Gasteiger partial charge in [-0.05, 0) is 94.1 Å². The number of fused-ring (bicyclic) bond motifs is 1. The van der Waals surface area contributed by atoms with Crippen LogP contribution in [0.4, 0.5) is 0 Å². The predicted octanol–water partition coefficient (Wildman–Crippen LogP) is 4.91. The highest BCUT2D eigenvalue weighted by Gasteiger charge is 2.41. The number of carbonyl (C=O) groups is 1. The van der Waals surface area contributed by atoms with E-state index in [2.05, 4.69) is 14.9 Å². The summed E-state index contributed by atoms with van der Waals surface area (Å²) in [5.74, 6) is -0.137. The summed E-state index contributed by atoms with van der Waals surface area (Å²) in [6.45, 7) is 2.44. The minimum absolute atomic E-state index is 0.310. The lowest BCUT2D eigenvalue weighted by Crippen LogP contribution is -2.44. The van der Waals surface area contributed by atoms with Gasteiger partial charge in [-0.1, -0.05) is 11.6 Å². The lowest BCUT2D eigenvalue weighted by molar-refractivity contribution is -0.153. The summed E-state index contributed by atoms with van der Waals surface area (Å²) < 4.78 is 5.32. The fourth-order valence-corrected chi connectivity index (χ4v) is 5.30. The standard InChI is InChI=1S/C27H32ClN3O4/c1-35-20-4-5-23-21(17-20)25(22(28)18-30-23)24(32)6-9-27(26(33)34)10-15-31(16-11-27)14-2-3-19-7-12-29-13-8-19/h4-5,7-8,12-13,17-18,24,32H,2-3,6,9-11,14-16H2,1H3,(H,33,34)/t24-/m1/s1. The Balaban J connectivity index is 1.38. The molecule has 1 saturated heterocycles. The first-order valence-corrected chi connectivity index (χ1v) is 12.4. The average Bonchev–Trinajstić information content (AvgIpc) is 2.88. The van der Waals surface area contributed by atoms with Gasteiger partial charge in [-0.2, -0.15) is 0 Å². The molecule has 1 aliphatic rings. The lowest BCUT2D eigenvalue weighted by atomic mass is 9.74. The van der Waals surface area contributed by atoms with E-state index in [0.29, 0.717) is 47.5 Å². The number of hydrogen-bond acceptors (Lipinski definition) is 6. The lowest BCUT2D eigenvalue weighted by Gasteiger charge is -2.39. The number of carboxylic acid groups (broad SMARTS) is 1. The van der Waals surface area contributed by atoms with E-state index >= 15 is 0 Å². The largest absolute Gasteiger partial charge is 0.497 e. The third kappa shape index (κ3) is 5.92. The molecule has 4 rings (SSSR count). The van der Waals surface area contributed by atoms with Crippen LogP contribution in [0.5, 0.6) is 5.75 Å². The van der Waals surface area contributed by atoms with Gasteiger partial charge in [0.1, 0.15) is 5.75 Å². The molecular formula is C27H32ClN3O4. The molecule has 0 saturated carbocycles. The maximum absolute atomic E-state index is 12.3. The van der Waals surface area contributed by atoms with Gasteiger partial charge in [0.2, 0.25) is 0 Å². The summed E-state index contributed by atoms with van der Waals surface area (Å²) in [7, 11) is 1.58. The topological polar surface area (TPSA) is 95.8 Å². The van der Waals surface area contributed by atoms with Crippen LogP contribution in [0.25, 0.3) is 10.9 Å². The Bertz CT molecular complexity index is 1150. The molecule has 3 heterocycles. The summed E-state index contributed by atoms with van der Waals surface area (Å²) in [5, 5.41) is 22.3. The number of ether oxygens (including phenoxy) is 1. The number of aliphatic hydroxyl groups is 1. The van der Waals surface area contributed by atoms with Gasteiger partial charge in [0.15, 0.2) is 0 Å². The molecule has 0 bridgehead atoms. The Morgan fingerprint density at radius 3 is 2.66 bits per heavy atom. The van der Waals surface area contributed by atoms with E-state index in [-0.39, 0.29) is 0 Å². The second-order valence-electron chi connectivity index (χ2n) is 9.34. The minimum atomic E-state index is -0.894. The zero-order valence-electron chi connectivity index (χ0n) is 20.0. The second-order valence-corrected chi connectivity index (χ2v) is 9.75. The molecule has 8 heteroatoms. The number of halogens is 1. The first-order chi connectivity index (χ1) is 16.9. The summed E-state index contributed by atoms with van der Waals surface area (Å²) in [4.78, 5) is 23.1. The van der Waals surface area contributed by atoms with Crippen LogP contribution in [-0.4, -0.2) is 57.8 Å². The normalized spacial score (nSPS) is 16.8. The van der Waals surface area contributed by atoms with Crippen molar-refractivity contribution in [3.8, 4) is 5.75 Å². The van der Waals surface area contributed by atoms with E-state index in [1.165, 1.54) is 11.8 Å². The van der Waals surface area contributed by atoms with Crippen molar-refractivity contribution in [3.63, 3.8) is 0 Å². The van der Waals surface area contributed by atoms with Crippen LogP contribution in [0.2, 0.25) is 5.02 Å². The van der Waals surface area contributed by atoms with Gasteiger partial charge in [0.25, 0.3) is 0 Å². The number of aliphatic carboxylic acids is 1.